The van der Waals surface area contributed by atoms with E-state index in [1.165, 1.54) is 37.7 Å². The molecule has 82 valence electrons. The van der Waals surface area contributed by atoms with Crippen molar-refractivity contribution < 1.29 is 0 Å². The van der Waals surface area contributed by atoms with Crippen LogP contribution in [-0.4, -0.2) is 6.04 Å². The lowest BCUT2D eigenvalue weighted by atomic mass is 9.70. The fraction of sp³-hybridized carbons (Fsp3) is 0.833. The molecule has 1 unspecified atom stereocenters. The zero-order valence-electron chi connectivity index (χ0n) is 9.77. The summed E-state index contributed by atoms with van der Waals surface area (Å²) in [6.07, 6.45) is 8.96. The Bertz CT molecular complexity index is 198. The fourth-order valence-corrected chi connectivity index (χ4v) is 2.45. The van der Waals surface area contributed by atoms with Crippen molar-refractivity contribution in [1.29, 1.82) is 0 Å². The smallest absolute Gasteiger partial charge is 0.0446 e. The summed E-state index contributed by atoms with van der Waals surface area (Å²) in [4.78, 5) is 0. The van der Waals surface area contributed by atoms with Crippen molar-refractivity contribution in [3.63, 3.8) is 0 Å². The van der Waals surface area contributed by atoms with Crippen molar-refractivity contribution in [3.05, 3.63) is 11.6 Å². The van der Waals surface area contributed by atoms with E-state index in [1.54, 1.807) is 0 Å². The molecule has 0 amide bonds. The summed E-state index contributed by atoms with van der Waals surface area (Å²) in [5.74, 6) is 5.64. The molecule has 1 fully saturated rings. The highest BCUT2D eigenvalue weighted by Crippen LogP contribution is 2.39. The summed E-state index contributed by atoms with van der Waals surface area (Å²) in [5, 5.41) is 0. The predicted molar refractivity (Wildman–Crippen MR) is 61.7 cm³/mol. The molecule has 3 N–H and O–H groups in total. The molecule has 0 saturated heterocycles. The molecule has 1 atom stereocenters. The van der Waals surface area contributed by atoms with E-state index >= 15 is 0 Å². The maximum atomic E-state index is 5.64. The Labute approximate surface area is 87.9 Å². The molecular formula is C12H24N2. The van der Waals surface area contributed by atoms with E-state index < -0.39 is 0 Å². The molecule has 1 aliphatic rings. The molecule has 0 aromatic rings. The number of nitrogens with one attached hydrogen (secondary N) is 1. The molecule has 0 aliphatic heterocycles. The molecule has 1 saturated carbocycles. The Morgan fingerprint density at radius 3 is 2.29 bits per heavy atom. The number of hydrogen-bond acceptors (Lipinski definition) is 2. The molecule has 2 heteroatoms. The minimum absolute atomic E-state index is 0.341. The molecule has 14 heavy (non-hydrogen) atoms. The second-order valence-corrected chi connectivity index (χ2v) is 5.10. The lowest BCUT2D eigenvalue weighted by Gasteiger charge is -2.39. The maximum Gasteiger partial charge on any atom is 0.0446 e. The van der Waals surface area contributed by atoms with Crippen LogP contribution in [0, 0.1) is 5.41 Å². The highest BCUT2D eigenvalue weighted by Gasteiger charge is 2.33. The first kappa shape index (κ1) is 11.7. The minimum Gasteiger partial charge on any atom is -0.271 e. The molecule has 0 spiro atoms. The molecule has 0 aromatic carbocycles. The molecule has 1 rings (SSSR count). The monoisotopic (exact) mass is 196 g/mol. The zero-order chi connectivity index (χ0) is 10.6. The lowest BCUT2D eigenvalue weighted by molar-refractivity contribution is 0.170. The van der Waals surface area contributed by atoms with Crippen molar-refractivity contribution in [3.8, 4) is 0 Å². The van der Waals surface area contributed by atoms with Crippen LogP contribution in [-0.2, 0) is 0 Å². The Kier molecular flexibility index (Phi) is 4.14. The number of allylic oxidation sites excluding steroid dienone is 1. The van der Waals surface area contributed by atoms with Gasteiger partial charge in [-0.15, -0.1) is 0 Å². The van der Waals surface area contributed by atoms with Gasteiger partial charge in [-0.3, -0.25) is 11.3 Å². The van der Waals surface area contributed by atoms with E-state index in [0.717, 1.165) is 0 Å². The van der Waals surface area contributed by atoms with E-state index in [1.807, 2.05) is 0 Å². The number of hydrazine groups is 1. The molecule has 2 nitrogen and oxygen atoms in total. The third-order valence-corrected chi connectivity index (χ3v) is 3.43. The minimum atomic E-state index is 0.341. The molecule has 1 aliphatic carbocycles. The van der Waals surface area contributed by atoms with Gasteiger partial charge in [0.25, 0.3) is 0 Å². The number of rotatable bonds is 3. The van der Waals surface area contributed by atoms with Gasteiger partial charge in [0.2, 0.25) is 0 Å². The molecule has 0 aromatic heterocycles. The standard InChI is InChI=1S/C12H24N2/c1-10(2)9-11(14-13)12(3)7-5-4-6-8-12/h9,11,14H,4-8,13H2,1-3H3. The largest absolute Gasteiger partial charge is 0.271 e. The van der Waals surface area contributed by atoms with Gasteiger partial charge in [0.15, 0.2) is 0 Å². The first-order valence-electron chi connectivity index (χ1n) is 5.70. The van der Waals surface area contributed by atoms with Crippen molar-refractivity contribution in [2.24, 2.45) is 11.3 Å². The summed E-state index contributed by atoms with van der Waals surface area (Å²) in [5.41, 5.74) is 4.68. The summed E-state index contributed by atoms with van der Waals surface area (Å²) < 4.78 is 0. The van der Waals surface area contributed by atoms with Crippen LogP contribution in [0.15, 0.2) is 11.6 Å². The Hall–Kier alpha value is -0.340. The van der Waals surface area contributed by atoms with Crippen LogP contribution in [0.4, 0.5) is 0 Å². The van der Waals surface area contributed by atoms with Crippen molar-refractivity contribution in [2.75, 3.05) is 0 Å². The third-order valence-electron chi connectivity index (χ3n) is 3.43. The Morgan fingerprint density at radius 1 is 1.29 bits per heavy atom. The zero-order valence-corrected chi connectivity index (χ0v) is 9.77. The van der Waals surface area contributed by atoms with E-state index in [0.29, 0.717) is 11.5 Å². The first-order valence-corrected chi connectivity index (χ1v) is 5.70. The number of hydrogen-bond donors (Lipinski definition) is 2. The van der Waals surface area contributed by atoms with Crippen LogP contribution >= 0.6 is 0 Å². The van der Waals surface area contributed by atoms with Crippen LogP contribution < -0.4 is 11.3 Å². The number of nitrogens with two attached hydrogens (primary N) is 1. The van der Waals surface area contributed by atoms with Crippen molar-refractivity contribution >= 4 is 0 Å². The first-order chi connectivity index (χ1) is 6.58. The second kappa shape index (κ2) is 4.94. The van der Waals surface area contributed by atoms with Gasteiger partial charge in [0.1, 0.15) is 0 Å². The van der Waals surface area contributed by atoms with Crippen LogP contribution in [0.1, 0.15) is 52.9 Å². The fourth-order valence-electron chi connectivity index (χ4n) is 2.45. The van der Waals surface area contributed by atoms with Crippen LogP contribution in [0.25, 0.3) is 0 Å². The molecular weight excluding hydrogens is 172 g/mol. The predicted octanol–water partition coefficient (Wildman–Crippen LogP) is 2.75. The van der Waals surface area contributed by atoms with E-state index in [2.05, 4.69) is 32.3 Å². The van der Waals surface area contributed by atoms with Gasteiger partial charge < -0.3 is 0 Å². The summed E-state index contributed by atoms with van der Waals surface area (Å²) in [6, 6.07) is 0.341. The van der Waals surface area contributed by atoms with Crippen LogP contribution in [0.5, 0.6) is 0 Å². The molecule has 0 heterocycles. The van der Waals surface area contributed by atoms with Crippen LogP contribution in [0.3, 0.4) is 0 Å². The van der Waals surface area contributed by atoms with E-state index in [4.69, 9.17) is 5.84 Å². The SMILES string of the molecule is CC(C)=CC(NN)C1(C)CCCCC1. The van der Waals surface area contributed by atoms with Gasteiger partial charge in [0, 0.05) is 6.04 Å². The average molecular weight is 196 g/mol. The Morgan fingerprint density at radius 2 is 1.86 bits per heavy atom. The molecule has 0 bridgehead atoms. The second-order valence-electron chi connectivity index (χ2n) is 5.10. The van der Waals surface area contributed by atoms with Crippen molar-refractivity contribution in [2.45, 2.75) is 58.9 Å². The molecule has 0 radical (unpaired) electrons. The quantitative estimate of drug-likeness (QED) is 0.414. The summed E-state index contributed by atoms with van der Waals surface area (Å²) in [6.45, 7) is 6.63. The van der Waals surface area contributed by atoms with E-state index in [-0.39, 0.29) is 0 Å². The van der Waals surface area contributed by atoms with Crippen LogP contribution in [0.2, 0.25) is 0 Å². The third kappa shape index (κ3) is 2.82. The van der Waals surface area contributed by atoms with Gasteiger partial charge in [0.05, 0.1) is 0 Å². The summed E-state index contributed by atoms with van der Waals surface area (Å²) in [7, 11) is 0. The van der Waals surface area contributed by atoms with Gasteiger partial charge in [-0.25, -0.2) is 0 Å². The van der Waals surface area contributed by atoms with Gasteiger partial charge in [-0.1, -0.05) is 37.8 Å². The maximum absolute atomic E-state index is 5.64. The Balaban J connectivity index is 2.70. The van der Waals surface area contributed by atoms with Gasteiger partial charge >= 0.3 is 0 Å². The van der Waals surface area contributed by atoms with E-state index in [9.17, 15) is 0 Å². The topological polar surface area (TPSA) is 38.0 Å². The average Bonchev–Trinajstić information content (AvgIpc) is 2.15. The van der Waals surface area contributed by atoms with Gasteiger partial charge in [-0.05, 0) is 32.1 Å². The lowest BCUT2D eigenvalue weighted by Crippen LogP contribution is -2.46. The van der Waals surface area contributed by atoms with Gasteiger partial charge in [-0.2, -0.15) is 0 Å². The normalized spacial score (nSPS) is 22.9. The highest BCUT2D eigenvalue weighted by molar-refractivity contribution is 5.07. The summed E-state index contributed by atoms with van der Waals surface area (Å²) >= 11 is 0. The van der Waals surface area contributed by atoms with Crippen molar-refractivity contribution in [1.82, 2.24) is 5.43 Å². The highest BCUT2D eigenvalue weighted by atomic mass is 15.2.